The van der Waals surface area contributed by atoms with E-state index in [9.17, 15) is 4.79 Å². The van der Waals surface area contributed by atoms with Gasteiger partial charge in [0.25, 0.3) is 0 Å². The minimum Gasteiger partial charge on any atom is -0.493 e. The maximum absolute atomic E-state index is 12.2. The van der Waals surface area contributed by atoms with E-state index in [4.69, 9.17) is 9.47 Å². The van der Waals surface area contributed by atoms with Crippen molar-refractivity contribution in [2.75, 3.05) is 40.4 Å². The van der Waals surface area contributed by atoms with Crippen molar-refractivity contribution < 1.29 is 14.3 Å². The summed E-state index contributed by atoms with van der Waals surface area (Å²) >= 11 is 0. The van der Waals surface area contributed by atoms with Crippen molar-refractivity contribution >= 4 is 5.91 Å². The Morgan fingerprint density at radius 3 is 2.59 bits per heavy atom. The molecule has 1 heterocycles. The third kappa shape index (κ3) is 4.63. The molecule has 0 atom stereocenters. The van der Waals surface area contributed by atoms with Crippen molar-refractivity contribution in [2.45, 2.75) is 19.3 Å². The summed E-state index contributed by atoms with van der Waals surface area (Å²) in [6.07, 6.45) is 2.58. The molecule has 5 nitrogen and oxygen atoms in total. The quantitative estimate of drug-likeness (QED) is 0.836. The van der Waals surface area contributed by atoms with Crippen LogP contribution in [0.3, 0.4) is 0 Å². The number of amides is 1. The summed E-state index contributed by atoms with van der Waals surface area (Å²) < 4.78 is 10.9. The number of methoxy groups -OCH3 is 1. The van der Waals surface area contributed by atoms with Gasteiger partial charge in [0.1, 0.15) is 0 Å². The Hall–Kier alpha value is -1.75. The molecule has 1 amide bonds. The lowest BCUT2D eigenvalue weighted by atomic mass is 9.97. The molecule has 1 aromatic carbocycles. The summed E-state index contributed by atoms with van der Waals surface area (Å²) in [6.45, 7) is 3.15. The average molecular weight is 306 g/mol. The first-order valence-corrected chi connectivity index (χ1v) is 7.92. The number of ether oxygens (including phenoxy) is 2. The number of hydrogen-bond donors (Lipinski definition) is 1. The van der Waals surface area contributed by atoms with Crippen molar-refractivity contribution in [1.29, 1.82) is 0 Å². The van der Waals surface area contributed by atoms with Crippen molar-refractivity contribution in [3.63, 3.8) is 0 Å². The van der Waals surface area contributed by atoms with Crippen molar-refractivity contribution in [1.82, 2.24) is 10.2 Å². The summed E-state index contributed by atoms with van der Waals surface area (Å²) in [5.74, 6) is 2.25. The lowest BCUT2D eigenvalue weighted by Crippen LogP contribution is -2.40. The number of piperidine rings is 1. The van der Waals surface area contributed by atoms with Gasteiger partial charge in [0.15, 0.2) is 11.5 Å². The van der Waals surface area contributed by atoms with Gasteiger partial charge in [0.05, 0.1) is 20.1 Å². The first kappa shape index (κ1) is 16.6. The Morgan fingerprint density at radius 2 is 1.95 bits per heavy atom. The number of nitrogens with one attached hydrogen (secondary N) is 1. The fraction of sp³-hybridized carbons (Fsp3) is 0.588. The molecule has 5 heteroatoms. The normalized spacial score (nSPS) is 15.6. The van der Waals surface area contributed by atoms with Crippen LogP contribution in [0.4, 0.5) is 0 Å². The summed E-state index contributed by atoms with van der Waals surface area (Å²) in [7, 11) is 3.59. The maximum atomic E-state index is 12.2. The van der Waals surface area contributed by atoms with E-state index in [1.54, 1.807) is 7.11 Å². The second kappa shape index (κ2) is 8.63. The number of benzene rings is 1. The van der Waals surface area contributed by atoms with Crippen molar-refractivity contribution in [2.24, 2.45) is 5.92 Å². The molecule has 1 N–H and O–H groups in total. The molecule has 0 aliphatic carbocycles. The molecule has 122 valence electrons. The second-order valence-electron chi connectivity index (χ2n) is 5.63. The Bertz CT molecular complexity index is 471. The molecule has 22 heavy (non-hydrogen) atoms. The van der Waals surface area contributed by atoms with Gasteiger partial charge in [0.2, 0.25) is 5.91 Å². The highest BCUT2D eigenvalue weighted by molar-refractivity contribution is 5.76. The van der Waals surface area contributed by atoms with Crippen LogP contribution in [-0.2, 0) is 4.79 Å². The Morgan fingerprint density at radius 1 is 1.27 bits per heavy atom. The van der Waals surface area contributed by atoms with Gasteiger partial charge in [-0.3, -0.25) is 4.79 Å². The zero-order chi connectivity index (χ0) is 15.8. The molecular weight excluding hydrogens is 280 g/mol. The number of likely N-dealkylation sites (tertiary alicyclic amines) is 1. The van der Waals surface area contributed by atoms with Crippen LogP contribution in [0.1, 0.15) is 19.3 Å². The number of hydrogen-bond acceptors (Lipinski definition) is 4. The van der Waals surface area contributed by atoms with E-state index in [1.807, 2.05) is 36.2 Å². The van der Waals surface area contributed by atoms with Crippen molar-refractivity contribution in [3.05, 3.63) is 24.3 Å². The van der Waals surface area contributed by atoms with E-state index in [1.165, 1.54) is 0 Å². The van der Waals surface area contributed by atoms with Gasteiger partial charge in [-0.2, -0.15) is 0 Å². The third-order valence-corrected chi connectivity index (χ3v) is 4.10. The summed E-state index contributed by atoms with van der Waals surface area (Å²) in [5.41, 5.74) is 0. The van der Waals surface area contributed by atoms with Crippen LogP contribution in [0.2, 0.25) is 0 Å². The summed E-state index contributed by atoms with van der Waals surface area (Å²) in [6, 6.07) is 7.49. The summed E-state index contributed by atoms with van der Waals surface area (Å²) in [4.78, 5) is 14.2. The van der Waals surface area contributed by atoms with Gasteiger partial charge in [-0.25, -0.2) is 0 Å². The van der Waals surface area contributed by atoms with E-state index in [0.29, 0.717) is 30.4 Å². The highest BCUT2D eigenvalue weighted by Crippen LogP contribution is 2.26. The van der Waals surface area contributed by atoms with Gasteiger partial charge >= 0.3 is 0 Å². The summed E-state index contributed by atoms with van der Waals surface area (Å²) in [5, 5.41) is 3.21. The Labute approximate surface area is 132 Å². The molecule has 0 spiro atoms. The molecule has 1 aliphatic rings. The lowest BCUT2D eigenvalue weighted by molar-refractivity contribution is -0.133. The largest absolute Gasteiger partial charge is 0.493 e. The molecule has 1 aliphatic heterocycles. The van der Waals surface area contributed by atoms with Crippen LogP contribution in [0.5, 0.6) is 11.5 Å². The molecular formula is C17H26N2O3. The number of carbonyl (C=O) groups is 1. The van der Waals surface area contributed by atoms with Gasteiger partial charge in [-0.05, 0) is 44.5 Å². The molecule has 0 radical (unpaired) electrons. The lowest BCUT2D eigenvalue weighted by Gasteiger charge is -2.32. The molecule has 1 fully saturated rings. The van der Waals surface area contributed by atoms with Crippen LogP contribution < -0.4 is 14.8 Å². The number of nitrogens with zero attached hydrogens (tertiary/aromatic N) is 1. The van der Waals surface area contributed by atoms with E-state index < -0.39 is 0 Å². The zero-order valence-electron chi connectivity index (χ0n) is 13.5. The first-order valence-electron chi connectivity index (χ1n) is 7.92. The highest BCUT2D eigenvalue weighted by atomic mass is 16.5. The fourth-order valence-electron chi connectivity index (χ4n) is 2.82. The van der Waals surface area contributed by atoms with E-state index in [0.717, 1.165) is 32.5 Å². The highest BCUT2D eigenvalue weighted by Gasteiger charge is 2.22. The zero-order valence-corrected chi connectivity index (χ0v) is 13.5. The molecule has 1 aromatic rings. The predicted octanol–water partition coefficient (Wildman–Crippen LogP) is 1.92. The Balaban J connectivity index is 1.72. The SMILES string of the molecule is CNCC1CCN(C(=O)CCOc2ccccc2OC)CC1. The minimum atomic E-state index is 0.179. The van der Waals surface area contributed by atoms with Crippen LogP contribution in [0.25, 0.3) is 0 Å². The number of rotatable bonds is 7. The molecule has 1 saturated heterocycles. The van der Waals surface area contributed by atoms with Crippen LogP contribution in [0.15, 0.2) is 24.3 Å². The van der Waals surface area contributed by atoms with Gasteiger partial charge in [0, 0.05) is 13.1 Å². The maximum Gasteiger partial charge on any atom is 0.225 e. The first-order chi connectivity index (χ1) is 10.7. The molecule has 0 unspecified atom stereocenters. The number of para-hydroxylation sites is 2. The van der Waals surface area contributed by atoms with Gasteiger partial charge in [-0.1, -0.05) is 12.1 Å². The monoisotopic (exact) mass is 306 g/mol. The second-order valence-corrected chi connectivity index (χ2v) is 5.63. The molecule has 0 bridgehead atoms. The standard InChI is InChI=1S/C17H26N2O3/c1-18-13-14-7-10-19(11-8-14)17(20)9-12-22-16-6-4-3-5-15(16)21-2/h3-6,14,18H,7-13H2,1-2H3. The molecule has 0 aromatic heterocycles. The average Bonchev–Trinajstić information content (AvgIpc) is 2.56. The van der Waals surface area contributed by atoms with Gasteiger partial charge < -0.3 is 19.7 Å². The topological polar surface area (TPSA) is 50.8 Å². The fourth-order valence-corrected chi connectivity index (χ4v) is 2.82. The van der Waals surface area contributed by atoms with Crippen LogP contribution in [0, 0.1) is 5.92 Å². The molecule has 2 rings (SSSR count). The predicted molar refractivity (Wildman–Crippen MR) is 86.3 cm³/mol. The van der Waals surface area contributed by atoms with E-state index >= 15 is 0 Å². The van der Waals surface area contributed by atoms with E-state index in [2.05, 4.69) is 5.32 Å². The minimum absolute atomic E-state index is 0.179. The van der Waals surface area contributed by atoms with Crippen LogP contribution >= 0.6 is 0 Å². The molecule has 0 saturated carbocycles. The Kier molecular flexibility index (Phi) is 6.52. The van der Waals surface area contributed by atoms with Gasteiger partial charge in [-0.15, -0.1) is 0 Å². The van der Waals surface area contributed by atoms with Crippen molar-refractivity contribution in [3.8, 4) is 11.5 Å². The van der Waals surface area contributed by atoms with Crippen LogP contribution in [-0.4, -0.2) is 51.2 Å². The smallest absolute Gasteiger partial charge is 0.225 e. The third-order valence-electron chi connectivity index (χ3n) is 4.10. The number of carbonyl (C=O) groups excluding carboxylic acids is 1. The van der Waals surface area contributed by atoms with E-state index in [-0.39, 0.29) is 5.91 Å².